The molecule has 0 saturated carbocycles. The standard InChI is InChI=1S/C27H33NO2/c1-2-3-4-5-6-7-8-9-10-11-12-13-14-15-16-21-26(29)28-25-20-18-17-19-24(25)22-23-27(28)30/h3-4,6-7,9-10,12-13,17-20,22-23H,2,5,8,11,14-16,21H2,1H3/b4-3+,7-6+,10-9+,13-12+. The van der Waals surface area contributed by atoms with Gasteiger partial charge in [0.15, 0.2) is 0 Å². The molecule has 0 radical (unpaired) electrons. The van der Waals surface area contributed by atoms with Crippen LogP contribution < -0.4 is 5.56 Å². The Morgan fingerprint density at radius 3 is 2.13 bits per heavy atom. The van der Waals surface area contributed by atoms with Crippen molar-refractivity contribution in [3.63, 3.8) is 0 Å². The molecule has 30 heavy (non-hydrogen) atoms. The maximum Gasteiger partial charge on any atom is 0.257 e. The van der Waals surface area contributed by atoms with Crippen LogP contribution in [0.25, 0.3) is 10.9 Å². The van der Waals surface area contributed by atoms with Crippen LogP contribution in [0, 0.1) is 0 Å². The number of unbranched alkanes of at least 4 members (excludes halogenated alkanes) is 2. The van der Waals surface area contributed by atoms with Gasteiger partial charge in [-0.2, -0.15) is 0 Å². The smallest absolute Gasteiger partial charge is 0.257 e. The molecule has 1 aromatic heterocycles. The lowest BCUT2D eigenvalue weighted by atomic mass is 10.1. The van der Waals surface area contributed by atoms with Crippen molar-refractivity contribution in [2.45, 2.75) is 58.3 Å². The number of allylic oxidation sites excluding steroid dienone is 8. The summed E-state index contributed by atoms with van der Waals surface area (Å²) >= 11 is 0. The number of carbonyl (C=O) groups is 1. The Bertz CT molecular complexity index is 960. The van der Waals surface area contributed by atoms with E-state index in [1.165, 1.54) is 10.6 Å². The molecule has 0 unspecified atom stereocenters. The minimum absolute atomic E-state index is 0.123. The van der Waals surface area contributed by atoms with E-state index in [1.807, 2.05) is 24.3 Å². The third-order valence-electron chi connectivity index (χ3n) is 4.78. The first-order valence-corrected chi connectivity index (χ1v) is 11.0. The molecule has 158 valence electrons. The van der Waals surface area contributed by atoms with Crippen LogP contribution in [0.5, 0.6) is 0 Å². The van der Waals surface area contributed by atoms with Gasteiger partial charge in [-0.25, -0.2) is 4.57 Å². The molecule has 3 nitrogen and oxygen atoms in total. The van der Waals surface area contributed by atoms with Gasteiger partial charge in [-0.15, -0.1) is 0 Å². The molecule has 3 heteroatoms. The average molecular weight is 404 g/mol. The lowest BCUT2D eigenvalue weighted by Gasteiger charge is -2.08. The summed E-state index contributed by atoms with van der Waals surface area (Å²) in [5, 5.41) is 0.908. The summed E-state index contributed by atoms with van der Waals surface area (Å²) in [6.07, 6.45) is 24.6. The number of nitrogens with zero attached hydrogens (tertiary/aromatic N) is 1. The SMILES string of the molecule is CC/C=C/C/C=C/C/C=C/C/C=C/CCCCC(=O)n1c(=O)ccc2ccccc21. The summed E-state index contributed by atoms with van der Waals surface area (Å²) in [5.74, 6) is -0.123. The topological polar surface area (TPSA) is 39.1 Å². The van der Waals surface area contributed by atoms with E-state index in [-0.39, 0.29) is 11.5 Å². The Labute approximate surface area is 180 Å². The van der Waals surface area contributed by atoms with Crippen molar-refractivity contribution in [1.82, 2.24) is 4.57 Å². The lowest BCUT2D eigenvalue weighted by Crippen LogP contribution is -2.26. The fourth-order valence-corrected chi connectivity index (χ4v) is 3.19. The maximum atomic E-state index is 12.5. The maximum absolute atomic E-state index is 12.5. The number of hydrogen-bond donors (Lipinski definition) is 0. The van der Waals surface area contributed by atoms with Gasteiger partial charge in [0, 0.05) is 12.5 Å². The summed E-state index contributed by atoms with van der Waals surface area (Å²) < 4.78 is 1.31. The molecule has 0 fully saturated rings. The number of carbonyl (C=O) groups excluding carboxylic acids is 1. The van der Waals surface area contributed by atoms with Crippen LogP contribution in [0.3, 0.4) is 0 Å². The van der Waals surface area contributed by atoms with Gasteiger partial charge in [0.2, 0.25) is 5.91 Å². The molecule has 0 spiro atoms. The zero-order valence-corrected chi connectivity index (χ0v) is 18.0. The lowest BCUT2D eigenvalue weighted by molar-refractivity contribution is 0.0900. The van der Waals surface area contributed by atoms with Gasteiger partial charge in [0.05, 0.1) is 5.52 Å². The summed E-state index contributed by atoms with van der Waals surface area (Å²) in [7, 11) is 0. The van der Waals surface area contributed by atoms with E-state index in [2.05, 4.69) is 55.5 Å². The van der Waals surface area contributed by atoms with Crippen molar-refractivity contribution in [1.29, 1.82) is 0 Å². The number of fused-ring (bicyclic) bond motifs is 1. The summed E-state index contributed by atoms with van der Waals surface area (Å²) in [4.78, 5) is 24.7. The van der Waals surface area contributed by atoms with E-state index in [4.69, 9.17) is 0 Å². The predicted octanol–water partition coefficient (Wildman–Crippen LogP) is 7.01. The Balaban J connectivity index is 1.64. The molecule has 0 N–H and O–H groups in total. The van der Waals surface area contributed by atoms with E-state index in [0.717, 1.165) is 50.3 Å². The minimum atomic E-state index is -0.252. The molecule has 1 aromatic carbocycles. The van der Waals surface area contributed by atoms with Crippen LogP contribution in [-0.2, 0) is 0 Å². The van der Waals surface area contributed by atoms with Crippen LogP contribution >= 0.6 is 0 Å². The van der Waals surface area contributed by atoms with Crippen LogP contribution in [0.2, 0.25) is 0 Å². The number of aromatic nitrogens is 1. The molecule has 0 aliphatic rings. The highest BCUT2D eigenvalue weighted by Gasteiger charge is 2.10. The molecule has 1 heterocycles. The van der Waals surface area contributed by atoms with E-state index in [0.29, 0.717) is 11.9 Å². The predicted molar refractivity (Wildman–Crippen MR) is 128 cm³/mol. The minimum Gasteiger partial charge on any atom is -0.274 e. The van der Waals surface area contributed by atoms with Crippen molar-refractivity contribution in [2.24, 2.45) is 0 Å². The van der Waals surface area contributed by atoms with Gasteiger partial charge in [0.1, 0.15) is 0 Å². The first-order valence-electron chi connectivity index (χ1n) is 11.0. The first-order chi connectivity index (χ1) is 14.7. The van der Waals surface area contributed by atoms with Gasteiger partial charge >= 0.3 is 0 Å². The number of para-hydroxylation sites is 1. The molecule has 2 rings (SSSR count). The summed E-state index contributed by atoms with van der Waals surface area (Å²) in [6, 6.07) is 10.7. The largest absolute Gasteiger partial charge is 0.274 e. The van der Waals surface area contributed by atoms with E-state index < -0.39 is 0 Å². The Morgan fingerprint density at radius 2 is 1.43 bits per heavy atom. The molecule has 0 aliphatic carbocycles. The molecule has 0 amide bonds. The second-order valence-electron chi connectivity index (χ2n) is 7.21. The van der Waals surface area contributed by atoms with Gasteiger partial charge in [-0.1, -0.05) is 73.7 Å². The molecule has 0 bridgehead atoms. The Hall–Kier alpha value is -2.94. The van der Waals surface area contributed by atoms with Crippen LogP contribution in [-0.4, -0.2) is 10.5 Å². The van der Waals surface area contributed by atoms with Gasteiger partial charge in [-0.05, 0) is 62.5 Å². The zero-order valence-electron chi connectivity index (χ0n) is 18.0. The molecule has 0 saturated heterocycles. The second-order valence-corrected chi connectivity index (χ2v) is 7.21. The number of benzene rings is 1. The molecule has 2 aromatic rings. The fraction of sp³-hybridized carbons (Fsp3) is 0.333. The van der Waals surface area contributed by atoms with Gasteiger partial charge < -0.3 is 0 Å². The van der Waals surface area contributed by atoms with Gasteiger partial charge in [-0.3, -0.25) is 9.59 Å². The monoisotopic (exact) mass is 403 g/mol. The molecular weight excluding hydrogens is 370 g/mol. The highest BCUT2D eigenvalue weighted by molar-refractivity contribution is 5.91. The van der Waals surface area contributed by atoms with Crippen molar-refractivity contribution in [3.8, 4) is 0 Å². The highest BCUT2D eigenvalue weighted by atomic mass is 16.2. The second kappa shape index (κ2) is 14.1. The van der Waals surface area contributed by atoms with Crippen molar-refractivity contribution in [3.05, 3.63) is 95.4 Å². The van der Waals surface area contributed by atoms with Crippen LogP contribution in [0.15, 0.2) is 89.8 Å². The Morgan fingerprint density at radius 1 is 0.800 bits per heavy atom. The fourth-order valence-electron chi connectivity index (χ4n) is 3.19. The van der Waals surface area contributed by atoms with Crippen LogP contribution in [0.1, 0.15) is 63.1 Å². The third kappa shape index (κ3) is 8.20. The third-order valence-corrected chi connectivity index (χ3v) is 4.78. The van der Waals surface area contributed by atoms with E-state index >= 15 is 0 Å². The first kappa shape index (κ1) is 23.3. The zero-order chi connectivity index (χ0) is 21.4. The van der Waals surface area contributed by atoms with E-state index in [9.17, 15) is 9.59 Å². The molecule has 0 atom stereocenters. The van der Waals surface area contributed by atoms with Crippen molar-refractivity contribution < 1.29 is 4.79 Å². The normalized spacial score (nSPS) is 12.3. The molecular formula is C27H33NO2. The number of hydrogen-bond acceptors (Lipinski definition) is 2. The van der Waals surface area contributed by atoms with Crippen molar-refractivity contribution >= 4 is 16.8 Å². The van der Waals surface area contributed by atoms with Crippen molar-refractivity contribution in [2.75, 3.05) is 0 Å². The van der Waals surface area contributed by atoms with Crippen LogP contribution in [0.4, 0.5) is 0 Å². The quantitative estimate of drug-likeness (QED) is 0.282. The number of pyridine rings is 1. The summed E-state index contributed by atoms with van der Waals surface area (Å²) in [6.45, 7) is 2.14. The Kier molecular flexibility index (Phi) is 11.0. The average Bonchev–Trinajstić information content (AvgIpc) is 2.76. The van der Waals surface area contributed by atoms with E-state index in [1.54, 1.807) is 6.07 Å². The highest BCUT2D eigenvalue weighted by Crippen LogP contribution is 2.12. The van der Waals surface area contributed by atoms with Gasteiger partial charge in [0.25, 0.3) is 5.56 Å². The number of rotatable bonds is 12. The molecule has 0 aliphatic heterocycles. The summed E-state index contributed by atoms with van der Waals surface area (Å²) in [5.41, 5.74) is 0.437.